The van der Waals surface area contributed by atoms with Crippen molar-refractivity contribution in [2.24, 2.45) is 0 Å². The number of rotatable bonds is 4. The van der Waals surface area contributed by atoms with Crippen LogP contribution in [-0.4, -0.2) is 4.98 Å². The Morgan fingerprint density at radius 3 is 2.74 bits per heavy atom. The van der Waals surface area contributed by atoms with Gasteiger partial charge in [-0.05, 0) is 55.5 Å². The molecule has 19 heavy (non-hydrogen) atoms. The number of allylic oxidation sites excluding steroid dienone is 3. The predicted octanol–water partition coefficient (Wildman–Crippen LogP) is 5.17. The van der Waals surface area contributed by atoms with Crippen molar-refractivity contribution in [2.45, 2.75) is 33.6 Å². The molecule has 0 unspecified atom stereocenters. The fourth-order valence-electron chi connectivity index (χ4n) is 2.60. The summed E-state index contributed by atoms with van der Waals surface area (Å²) in [5, 5.41) is 1.23. The molecule has 0 N–H and O–H groups in total. The van der Waals surface area contributed by atoms with E-state index in [1.165, 1.54) is 27.7 Å². The average Bonchev–Trinajstić information content (AvgIpc) is 2.39. The number of hydrogen-bond donors (Lipinski definition) is 0. The van der Waals surface area contributed by atoms with Crippen molar-refractivity contribution < 1.29 is 0 Å². The molecule has 98 valence electrons. The molecule has 0 spiro atoms. The Morgan fingerprint density at radius 1 is 1.32 bits per heavy atom. The average molecular weight is 251 g/mol. The van der Waals surface area contributed by atoms with Gasteiger partial charge >= 0.3 is 0 Å². The van der Waals surface area contributed by atoms with Gasteiger partial charge in [-0.1, -0.05) is 30.7 Å². The number of aromatic nitrogens is 1. The maximum absolute atomic E-state index is 4.50. The first kappa shape index (κ1) is 13.5. The monoisotopic (exact) mass is 251 g/mol. The molecule has 1 aromatic carbocycles. The van der Waals surface area contributed by atoms with Crippen molar-refractivity contribution in [3.05, 3.63) is 59.8 Å². The first-order valence-corrected chi connectivity index (χ1v) is 6.82. The molecule has 0 aliphatic rings. The van der Waals surface area contributed by atoms with E-state index in [1.54, 1.807) is 0 Å². The molecule has 1 nitrogen and oxygen atoms in total. The Balaban J connectivity index is 2.71. The smallest absolute Gasteiger partial charge is 0.0710 e. The quantitative estimate of drug-likeness (QED) is 0.683. The van der Waals surface area contributed by atoms with Crippen LogP contribution in [0.1, 0.15) is 38.3 Å². The zero-order valence-electron chi connectivity index (χ0n) is 12.0. The summed E-state index contributed by atoms with van der Waals surface area (Å²) in [6.07, 6.45) is 5.75. The van der Waals surface area contributed by atoms with Gasteiger partial charge in [-0.3, -0.25) is 4.98 Å². The molecule has 1 heteroatoms. The molecule has 2 aromatic rings. The number of benzene rings is 1. The Bertz CT molecular complexity index is 631. The number of fused-ring (bicyclic) bond motifs is 1. The molecule has 0 bridgehead atoms. The molecule has 0 aliphatic carbocycles. The molecule has 0 saturated heterocycles. The van der Waals surface area contributed by atoms with Crippen LogP contribution < -0.4 is 0 Å². The van der Waals surface area contributed by atoms with Crippen molar-refractivity contribution >= 4 is 16.5 Å². The summed E-state index contributed by atoms with van der Waals surface area (Å²) in [5.41, 5.74) is 6.47. The Kier molecular flexibility index (Phi) is 4.16. The van der Waals surface area contributed by atoms with Crippen molar-refractivity contribution in [1.82, 2.24) is 4.98 Å². The minimum Gasteiger partial charge on any atom is -0.256 e. The standard InChI is InChI=1S/C18H21N/c1-5-8-14-11-15(16(6-2)13(3)4)12-18-17(14)9-7-10-19-18/h5,7,9-12H,1,6,8H2,2-4H3. The van der Waals surface area contributed by atoms with Crippen LogP contribution >= 0.6 is 0 Å². The molecule has 0 radical (unpaired) electrons. The van der Waals surface area contributed by atoms with Gasteiger partial charge in [-0.15, -0.1) is 6.58 Å². The first-order chi connectivity index (χ1) is 9.17. The van der Waals surface area contributed by atoms with E-state index in [-0.39, 0.29) is 0 Å². The zero-order chi connectivity index (χ0) is 13.8. The first-order valence-electron chi connectivity index (χ1n) is 6.82. The molecular formula is C18H21N. The molecule has 1 aromatic heterocycles. The lowest BCUT2D eigenvalue weighted by Gasteiger charge is -2.12. The van der Waals surface area contributed by atoms with Crippen LogP contribution in [0.5, 0.6) is 0 Å². The molecule has 0 saturated carbocycles. The maximum atomic E-state index is 4.50. The second kappa shape index (κ2) is 5.83. The van der Waals surface area contributed by atoms with E-state index in [0.29, 0.717) is 0 Å². The van der Waals surface area contributed by atoms with E-state index in [9.17, 15) is 0 Å². The van der Waals surface area contributed by atoms with E-state index in [0.717, 1.165) is 18.4 Å². The van der Waals surface area contributed by atoms with Crippen molar-refractivity contribution in [1.29, 1.82) is 0 Å². The van der Waals surface area contributed by atoms with Crippen LogP contribution in [0.3, 0.4) is 0 Å². The van der Waals surface area contributed by atoms with E-state index in [1.807, 2.05) is 18.3 Å². The summed E-state index contributed by atoms with van der Waals surface area (Å²) in [5.74, 6) is 0. The summed E-state index contributed by atoms with van der Waals surface area (Å²) in [7, 11) is 0. The van der Waals surface area contributed by atoms with Crippen LogP contribution in [0.15, 0.2) is 48.7 Å². The minimum absolute atomic E-state index is 0.885. The molecular weight excluding hydrogens is 230 g/mol. The van der Waals surface area contributed by atoms with Gasteiger partial charge < -0.3 is 0 Å². The normalized spacial score (nSPS) is 10.5. The van der Waals surface area contributed by atoms with Gasteiger partial charge in [0.2, 0.25) is 0 Å². The second-order valence-electron chi connectivity index (χ2n) is 5.03. The van der Waals surface area contributed by atoms with Gasteiger partial charge in [0, 0.05) is 11.6 Å². The molecule has 0 aliphatic heterocycles. The predicted molar refractivity (Wildman–Crippen MR) is 84.2 cm³/mol. The summed E-state index contributed by atoms with van der Waals surface area (Å²) in [4.78, 5) is 4.50. The summed E-state index contributed by atoms with van der Waals surface area (Å²) < 4.78 is 0. The number of pyridine rings is 1. The van der Waals surface area contributed by atoms with Gasteiger partial charge in [0.15, 0.2) is 0 Å². The van der Waals surface area contributed by atoms with Gasteiger partial charge in [0.1, 0.15) is 0 Å². The Hall–Kier alpha value is -1.89. The third kappa shape index (κ3) is 2.76. The largest absolute Gasteiger partial charge is 0.256 e. The van der Waals surface area contributed by atoms with Gasteiger partial charge in [0.05, 0.1) is 5.52 Å². The van der Waals surface area contributed by atoms with Crippen LogP contribution in [-0.2, 0) is 6.42 Å². The molecule has 0 atom stereocenters. The van der Waals surface area contributed by atoms with Crippen LogP contribution in [0.2, 0.25) is 0 Å². The Labute approximate surface area is 115 Å². The Morgan fingerprint density at radius 2 is 2.11 bits per heavy atom. The number of hydrogen-bond acceptors (Lipinski definition) is 1. The highest BCUT2D eigenvalue weighted by molar-refractivity contribution is 5.86. The highest BCUT2D eigenvalue weighted by atomic mass is 14.6. The van der Waals surface area contributed by atoms with E-state index in [4.69, 9.17) is 0 Å². The lowest BCUT2D eigenvalue weighted by molar-refractivity contribution is 1.19. The van der Waals surface area contributed by atoms with Gasteiger partial charge in [0.25, 0.3) is 0 Å². The third-order valence-corrected chi connectivity index (χ3v) is 3.48. The zero-order valence-corrected chi connectivity index (χ0v) is 12.0. The topological polar surface area (TPSA) is 12.9 Å². The van der Waals surface area contributed by atoms with E-state index in [2.05, 4.69) is 50.5 Å². The fraction of sp³-hybridized carbons (Fsp3) is 0.278. The summed E-state index contributed by atoms with van der Waals surface area (Å²) in [6, 6.07) is 8.63. The van der Waals surface area contributed by atoms with Crippen molar-refractivity contribution in [3.63, 3.8) is 0 Å². The van der Waals surface area contributed by atoms with Crippen LogP contribution in [0, 0.1) is 0 Å². The van der Waals surface area contributed by atoms with E-state index < -0.39 is 0 Å². The van der Waals surface area contributed by atoms with Crippen molar-refractivity contribution in [2.75, 3.05) is 0 Å². The second-order valence-corrected chi connectivity index (χ2v) is 5.03. The molecule has 0 fully saturated rings. The van der Waals surface area contributed by atoms with Crippen molar-refractivity contribution in [3.8, 4) is 0 Å². The molecule has 2 rings (SSSR count). The minimum atomic E-state index is 0.885. The number of nitrogens with zero attached hydrogens (tertiary/aromatic N) is 1. The lowest BCUT2D eigenvalue weighted by Crippen LogP contribution is -1.93. The third-order valence-electron chi connectivity index (χ3n) is 3.48. The summed E-state index contributed by atoms with van der Waals surface area (Å²) >= 11 is 0. The van der Waals surface area contributed by atoms with Crippen LogP contribution in [0.4, 0.5) is 0 Å². The van der Waals surface area contributed by atoms with E-state index >= 15 is 0 Å². The van der Waals surface area contributed by atoms with Gasteiger partial charge in [-0.2, -0.15) is 0 Å². The summed E-state index contributed by atoms with van der Waals surface area (Å²) in [6.45, 7) is 10.4. The maximum Gasteiger partial charge on any atom is 0.0710 e. The lowest BCUT2D eigenvalue weighted by atomic mass is 9.94. The van der Waals surface area contributed by atoms with Gasteiger partial charge in [-0.25, -0.2) is 0 Å². The van der Waals surface area contributed by atoms with Crippen LogP contribution in [0.25, 0.3) is 16.5 Å². The molecule has 0 amide bonds. The highest BCUT2D eigenvalue weighted by Gasteiger charge is 2.07. The fourth-order valence-corrected chi connectivity index (χ4v) is 2.60. The molecule has 1 heterocycles. The highest BCUT2D eigenvalue weighted by Crippen LogP contribution is 2.28. The SMILES string of the molecule is C=CCc1cc(C(CC)=C(C)C)cc2ncccc12.